The minimum atomic E-state index is -0.408. The summed E-state index contributed by atoms with van der Waals surface area (Å²) < 4.78 is 18.6. The van der Waals surface area contributed by atoms with Crippen LogP contribution in [0, 0.1) is 23.1 Å². The predicted molar refractivity (Wildman–Crippen MR) is 90.8 cm³/mol. The maximum atomic E-state index is 13.2. The van der Waals surface area contributed by atoms with Crippen molar-refractivity contribution in [3.63, 3.8) is 0 Å². The third kappa shape index (κ3) is 4.16. The highest BCUT2D eigenvalue weighted by Crippen LogP contribution is 2.34. The number of hydrogen-bond acceptors (Lipinski definition) is 3. The van der Waals surface area contributed by atoms with Crippen LogP contribution in [0.25, 0.3) is 0 Å². The fourth-order valence-corrected chi connectivity index (χ4v) is 3.10. The van der Waals surface area contributed by atoms with Crippen LogP contribution < -0.4 is 0 Å². The van der Waals surface area contributed by atoms with Gasteiger partial charge in [-0.15, -0.1) is 0 Å². The van der Waals surface area contributed by atoms with Crippen LogP contribution in [0.15, 0.2) is 54.6 Å². The lowest BCUT2D eigenvalue weighted by atomic mass is 9.88. The molecule has 0 saturated carbocycles. The van der Waals surface area contributed by atoms with Crippen LogP contribution in [0.3, 0.4) is 0 Å². The Labute approximate surface area is 146 Å². The molecule has 0 unspecified atom stereocenters. The van der Waals surface area contributed by atoms with Crippen molar-refractivity contribution in [2.24, 2.45) is 5.92 Å². The zero-order valence-corrected chi connectivity index (χ0v) is 13.8. The molecule has 1 saturated heterocycles. The van der Waals surface area contributed by atoms with E-state index in [0.29, 0.717) is 19.4 Å². The second-order valence-electron chi connectivity index (χ2n) is 6.15. The van der Waals surface area contributed by atoms with Gasteiger partial charge in [0.2, 0.25) is 0 Å². The van der Waals surface area contributed by atoms with Crippen molar-refractivity contribution in [2.45, 2.75) is 25.5 Å². The quantitative estimate of drug-likeness (QED) is 0.831. The van der Waals surface area contributed by atoms with E-state index in [1.54, 1.807) is 17.0 Å². The summed E-state index contributed by atoms with van der Waals surface area (Å²) in [6.45, 7) is 0.655. The van der Waals surface area contributed by atoms with Gasteiger partial charge >= 0.3 is 6.09 Å². The van der Waals surface area contributed by atoms with Gasteiger partial charge in [-0.2, -0.15) is 5.26 Å². The molecule has 0 aromatic heterocycles. The summed E-state index contributed by atoms with van der Waals surface area (Å²) in [6.07, 6.45) is 0.742. The topological polar surface area (TPSA) is 53.3 Å². The second kappa shape index (κ2) is 7.80. The number of amides is 1. The van der Waals surface area contributed by atoms with Gasteiger partial charge in [-0.1, -0.05) is 42.5 Å². The van der Waals surface area contributed by atoms with E-state index in [9.17, 15) is 14.4 Å². The summed E-state index contributed by atoms with van der Waals surface area (Å²) >= 11 is 0. The highest BCUT2D eigenvalue weighted by molar-refractivity contribution is 5.68. The summed E-state index contributed by atoms with van der Waals surface area (Å²) in [5, 5.41) is 9.23. The van der Waals surface area contributed by atoms with E-state index >= 15 is 0 Å². The van der Waals surface area contributed by atoms with Crippen LogP contribution in [-0.2, 0) is 11.3 Å². The van der Waals surface area contributed by atoms with Gasteiger partial charge in [-0.3, -0.25) is 0 Å². The number of ether oxygens (including phenoxy) is 1. The first-order valence-electron chi connectivity index (χ1n) is 8.30. The van der Waals surface area contributed by atoms with E-state index in [1.807, 2.05) is 30.3 Å². The monoisotopic (exact) mass is 338 g/mol. The lowest BCUT2D eigenvalue weighted by Crippen LogP contribution is -2.41. The molecule has 4 nitrogen and oxygen atoms in total. The zero-order valence-electron chi connectivity index (χ0n) is 13.8. The van der Waals surface area contributed by atoms with Crippen molar-refractivity contribution in [2.75, 3.05) is 6.54 Å². The van der Waals surface area contributed by atoms with Crippen LogP contribution in [-0.4, -0.2) is 17.5 Å². The van der Waals surface area contributed by atoms with Gasteiger partial charge in [0.05, 0.1) is 18.0 Å². The van der Waals surface area contributed by atoms with Gasteiger partial charge in [-0.25, -0.2) is 9.18 Å². The summed E-state index contributed by atoms with van der Waals surface area (Å²) in [4.78, 5) is 14.2. The molecule has 0 N–H and O–H groups in total. The fourth-order valence-electron chi connectivity index (χ4n) is 3.10. The number of rotatable bonds is 3. The molecule has 2 aromatic rings. The Balaban J connectivity index is 1.73. The van der Waals surface area contributed by atoms with E-state index in [4.69, 9.17) is 4.74 Å². The highest BCUT2D eigenvalue weighted by Gasteiger charge is 2.33. The predicted octanol–water partition coefficient (Wildman–Crippen LogP) is 4.44. The molecule has 0 spiro atoms. The molecule has 1 heterocycles. The van der Waals surface area contributed by atoms with Crippen LogP contribution in [0.4, 0.5) is 9.18 Å². The summed E-state index contributed by atoms with van der Waals surface area (Å²) in [5.74, 6) is -0.442. The Morgan fingerprint density at radius 3 is 2.60 bits per heavy atom. The van der Waals surface area contributed by atoms with Crippen molar-refractivity contribution in [1.29, 1.82) is 5.26 Å². The van der Waals surface area contributed by atoms with Gasteiger partial charge in [0.25, 0.3) is 0 Å². The lowest BCUT2D eigenvalue weighted by Gasteiger charge is -2.37. The van der Waals surface area contributed by atoms with Crippen LogP contribution >= 0.6 is 0 Å². The molecule has 1 amide bonds. The van der Waals surface area contributed by atoms with Crippen LogP contribution in [0.1, 0.15) is 30.0 Å². The number of piperidine rings is 1. The molecule has 2 atom stereocenters. The third-order valence-corrected chi connectivity index (χ3v) is 4.48. The van der Waals surface area contributed by atoms with E-state index in [0.717, 1.165) is 11.1 Å². The third-order valence-electron chi connectivity index (χ3n) is 4.48. The molecule has 0 bridgehead atoms. The minimum Gasteiger partial charge on any atom is -0.445 e. The lowest BCUT2D eigenvalue weighted by molar-refractivity contribution is 0.0620. The summed E-state index contributed by atoms with van der Waals surface area (Å²) in [5.41, 5.74) is 1.74. The second-order valence-corrected chi connectivity index (χ2v) is 6.15. The van der Waals surface area contributed by atoms with Crippen LogP contribution in [0.5, 0.6) is 0 Å². The largest absolute Gasteiger partial charge is 0.445 e. The summed E-state index contributed by atoms with van der Waals surface area (Å²) in [6, 6.07) is 17.6. The SMILES string of the molecule is N#C[C@@H]1CCN(C(=O)OCc2ccccc2)[C@@H](c2ccc(F)cc2)C1. The molecule has 0 aliphatic carbocycles. The van der Waals surface area contributed by atoms with Crippen molar-refractivity contribution < 1.29 is 13.9 Å². The Morgan fingerprint density at radius 1 is 1.20 bits per heavy atom. The first-order chi connectivity index (χ1) is 12.2. The number of nitriles is 1. The Morgan fingerprint density at radius 2 is 1.92 bits per heavy atom. The van der Waals surface area contributed by atoms with Gasteiger partial charge in [0, 0.05) is 6.54 Å². The summed E-state index contributed by atoms with van der Waals surface area (Å²) in [7, 11) is 0. The number of hydrogen-bond donors (Lipinski definition) is 0. The van der Waals surface area contributed by atoms with E-state index in [2.05, 4.69) is 6.07 Å². The standard InChI is InChI=1S/C20H19FN2O2/c21-18-8-6-17(7-9-18)19-12-16(13-22)10-11-23(19)20(24)25-14-15-4-2-1-3-5-15/h1-9,16,19H,10-12,14H2/t16-,19-/m1/s1. The molecule has 0 radical (unpaired) electrons. The maximum absolute atomic E-state index is 13.2. The smallest absolute Gasteiger partial charge is 0.410 e. The number of carbonyl (C=O) groups excluding carboxylic acids is 1. The normalized spacial score (nSPS) is 19.9. The molecule has 2 aromatic carbocycles. The van der Waals surface area contributed by atoms with Crippen molar-refractivity contribution in [3.8, 4) is 6.07 Å². The average molecular weight is 338 g/mol. The highest BCUT2D eigenvalue weighted by atomic mass is 19.1. The van der Waals surface area contributed by atoms with Gasteiger partial charge in [-0.05, 0) is 36.1 Å². The first-order valence-corrected chi connectivity index (χ1v) is 8.30. The average Bonchev–Trinajstić information content (AvgIpc) is 2.67. The van der Waals surface area contributed by atoms with Gasteiger partial charge in [0.1, 0.15) is 12.4 Å². The Hall–Kier alpha value is -2.87. The molecule has 1 fully saturated rings. The van der Waals surface area contributed by atoms with E-state index in [1.165, 1.54) is 12.1 Å². The number of benzene rings is 2. The molecular weight excluding hydrogens is 319 g/mol. The Bertz CT molecular complexity index is 756. The molecule has 1 aliphatic rings. The molecular formula is C20H19FN2O2. The number of halogens is 1. The number of likely N-dealkylation sites (tertiary alicyclic amines) is 1. The molecule has 1 aliphatic heterocycles. The van der Waals surface area contributed by atoms with E-state index < -0.39 is 6.09 Å². The number of carbonyl (C=O) groups is 1. The Kier molecular flexibility index (Phi) is 5.30. The maximum Gasteiger partial charge on any atom is 0.410 e. The fraction of sp³-hybridized carbons (Fsp3) is 0.300. The molecule has 3 rings (SSSR count). The first kappa shape index (κ1) is 17.0. The van der Waals surface area contributed by atoms with Crippen molar-refractivity contribution in [1.82, 2.24) is 4.90 Å². The van der Waals surface area contributed by atoms with Crippen molar-refractivity contribution >= 4 is 6.09 Å². The molecule has 25 heavy (non-hydrogen) atoms. The van der Waals surface area contributed by atoms with E-state index in [-0.39, 0.29) is 24.4 Å². The van der Waals surface area contributed by atoms with Gasteiger partial charge in [0.15, 0.2) is 0 Å². The number of nitrogens with zero attached hydrogens (tertiary/aromatic N) is 2. The zero-order chi connectivity index (χ0) is 17.6. The van der Waals surface area contributed by atoms with Crippen LogP contribution in [0.2, 0.25) is 0 Å². The van der Waals surface area contributed by atoms with Gasteiger partial charge < -0.3 is 9.64 Å². The molecule has 5 heteroatoms. The minimum absolute atomic E-state index is 0.117. The molecule has 128 valence electrons. The van der Waals surface area contributed by atoms with Crippen molar-refractivity contribution in [3.05, 3.63) is 71.5 Å².